The van der Waals surface area contributed by atoms with Gasteiger partial charge >= 0.3 is 0 Å². The average Bonchev–Trinajstić information content (AvgIpc) is 2.84. The summed E-state index contributed by atoms with van der Waals surface area (Å²) >= 11 is 7.62. The fourth-order valence-electron chi connectivity index (χ4n) is 2.06. The maximum atomic E-state index is 13.6. The van der Waals surface area contributed by atoms with Crippen molar-refractivity contribution in [2.45, 2.75) is 11.5 Å². The second kappa shape index (κ2) is 5.85. The van der Waals surface area contributed by atoms with Crippen LogP contribution in [0.3, 0.4) is 0 Å². The van der Waals surface area contributed by atoms with Gasteiger partial charge in [0.05, 0.1) is 5.75 Å². The maximum absolute atomic E-state index is 13.6. The minimum Gasteiger partial charge on any atom is -0.240 e. The molecule has 0 fully saturated rings. The van der Waals surface area contributed by atoms with Crippen molar-refractivity contribution in [3.8, 4) is 0 Å². The number of para-hydroxylation sites is 2. The molecule has 0 aliphatic carbocycles. The lowest BCUT2D eigenvalue weighted by Gasteiger charge is -2.03. The topological polar surface area (TPSA) is 29.9 Å². The molecule has 3 aromatic rings. The third-order valence-electron chi connectivity index (χ3n) is 3.05. The molecular formula is C15H13ClFN2S+. The van der Waals surface area contributed by atoms with Crippen LogP contribution in [0.15, 0.2) is 42.5 Å². The first-order valence-corrected chi connectivity index (χ1v) is 7.77. The van der Waals surface area contributed by atoms with E-state index in [1.165, 1.54) is 6.07 Å². The molecule has 5 heteroatoms. The van der Waals surface area contributed by atoms with E-state index in [1.54, 1.807) is 23.9 Å². The molecule has 0 aliphatic heterocycles. The number of benzene rings is 2. The number of halogens is 2. The standard InChI is InChI=1S/C15H12ClFN2S/c16-11-4-3-5-12(17)10(11)8-20-9-15-18-13-6-1-2-7-14(13)19-15/h1-7H,8-9H2,(H,18,19)/p+1. The third-order valence-corrected chi connectivity index (χ3v) is 4.39. The molecule has 2 aromatic carbocycles. The molecule has 3 rings (SSSR count). The molecule has 0 amide bonds. The van der Waals surface area contributed by atoms with Crippen molar-refractivity contribution >= 4 is 34.4 Å². The van der Waals surface area contributed by atoms with Crippen molar-refractivity contribution in [1.82, 2.24) is 4.98 Å². The Kier molecular flexibility index (Phi) is 3.94. The molecule has 0 unspecified atom stereocenters. The SMILES string of the molecule is Fc1cccc(Cl)c1CSCc1[nH]c2ccccc2[nH+]1. The van der Waals surface area contributed by atoms with Crippen LogP contribution in [0.5, 0.6) is 0 Å². The first-order valence-electron chi connectivity index (χ1n) is 6.23. The van der Waals surface area contributed by atoms with Crippen molar-refractivity contribution < 1.29 is 9.37 Å². The van der Waals surface area contributed by atoms with Gasteiger partial charge in [-0.2, -0.15) is 0 Å². The monoisotopic (exact) mass is 307 g/mol. The van der Waals surface area contributed by atoms with Crippen LogP contribution in [0.25, 0.3) is 11.0 Å². The van der Waals surface area contributed by atoms with Crippen LogP contribution in [0.2, 0.25) is 5.02 Å². The van der Waals surface area contributed by atoms with E-state index in [4.69, 9.17) is 11.6 Å². The molecule has 2 N–H and O–H groups in total. The van der Waals surface area contributed by atoms with Gasteiger partial charge in [-0.25, -0.2) is 14.4 Å². The van der Waals surface area contributed by atoms with Crippen LogP contribution < -0.4 is 4.98 Å². The van der Waals surface area contributed by atoms with E-state index in [-0.39, 0.29) is 5.82 Å². The van der Waals surface area contributed by atoms with Crippen LogP contribution in [0.4, 0.5) is 4.39 Å². The van der Waals surface area contributed by atoms with E-state index in [9.17, 15) is 4.39 Å². The van der Waals surface area contributed by atoms with Gasteiger partial charge in [0.25, 0.3) is 5.82 Å². The van der Waals surface area contributed by atoms with Crippen LogP contribution in [0, 0.1) is 5.82 Å². The molecule has 0 bridgehead atoms. The third kappa shape index (κ3) is 2.81. The molecule has 1 aromatic heterocycles. The number of rotatable bonds is 4. The predicted molar refractivity (Wildman–Crippen MR) is 81.3 cm³/mol. The zero-order valence-corrected chi connectivity index (χ0v) is 12.2. The first kappa shape index (κ1) is 13.5. The molecule has 102 valence electrons. The van der Waals surface area contributed by atoms with E-state index >= 15 is 0 Å². The van der Waals surface area contributed by atoms with E-state index in [1.807, 2.05) is 24.3 Å². The fourth-order valence-corrected chi connectivity index (χ4v) is 3.31. The summed E-state index contributed by atoms with van der Waals surface area (Å²) in [5.74, 6) is 2.07. The van der Waals surface area contributed by atoms with Gasteiger partial charge in [0.15, 0.2) is 11.0 Å². The summed E-state index contributed by atoms with van der Waals surface area (Å²) < 4.78 is 13.6. The zero-order valence-electron chi connectivity index (χ0n) is 10.6. The molecule has 0 radical (unpaired) electrons. The van der Waals surface area contributed by atoms with Gasteiger partial charge in [0.2, 0.25) is 0 Å². The molecule has 0 aliphatic rings. The number of fused-ring (bicyclic) bond motifs is 1. The summed E-state index contributed by atoms with van der Waals surface area (Å²) in [6, 6.07) is 12.8. The van der Waals surface area contributed by atoms with Crippen molar-refractivity contribution in [2.75, 3.05) is 0 Å². The molecule has 0 saturated carbocycles. The highest BCUT2D eigenvalue weighted by molar-refractivity contribution is 7.97. The Bertz CT molecular complexity index is 688. The Morgan fingerprint density at radius 3 is 2.75 bits per heavy atom. The quantitative estimate of drug-likeness (QED) is 0.769. The predicted octanol–water partition coefficient (Wildman–Crippen LogP) is 4.21. The van der Waals surface area contributed by atoms with Gasteiger partial charge in [-0.15, -0.1) is 11.8 Å². The molecular weight excluding hydrogens is 295 g/mol. The molecule has 1 heterocycles. The Labute approximate surface area is 125 Å². The van der Waals surface area contributed by atoms with E-state index in [0.29, 0.717) is 16.3 Å². The van der Waals surface area contributed by atoms with Crippen LogP contribution >= 0.6 is 23.4 Å². The summed E-state index contributed by atoms with van der Waals surface area (Å²) in [5, 5.41) is 0.484. The Morgan fingerprint density at radius 2 is 1.95 bits per heavy atom. The van der Waals surface area contributed by atoms with Gasteiger partial charge in [-0.3, -0.25) is 0 Å². The van der Waals surface area contributed by atoms with Gasteiger partial charge in [-0.1, -0.05) is 29.8 Å². The van der Waals surface area contributed by atoms with Crippen molar-refractivity contribution in [3.05, 3.63) is 64.7 Å². The second-order valence-corrected chi connectivity index (χ2v) is 5.86. The number of H-pyrrole nitrogens is 2. The number of hydrogen-bond acceptors (Lipinski definition) is 1. The Morgan fingerprint density at radius 1 is 1.10 bits per heavy atom. The van der Waals surface area contributed by atoms with E-state index in [0.717, 1.165) is 22.6 Å². The normalized spacial score (nSPS) is 11.1. The fraction of sp³-hybridized carbons (Fsp3) is 0.133. The van der Waals surface area contributed by atoms with Gasteiger partial charge in [0, 0.05) is 16.3 Å². The minimum absolute atomic E-state index is 0.245. The highest BCUT2D eigenvalue weighted by atomic mass is 35.5. The number of thioether (sulfide) groups is 1. The number of hydrogen-bond donors (Lipinski definition) is 1. The summed E-state index contributed by atoms with van der Waals surface area (Å²) in [6.45, 7) is 0. The highest BCUT2D eigenvalue weighted by Gasteiger charge is 2.11. The van der Waals surface area contributed by atoms with Crippen LogP contribution in [0.1, 0.15) is 11.4 Å². The van der Waals surface area contributed by atoms with Crippen LogP contribution in [-0.2, 0) is 11.5 Å². The van der Waals surface area contributed by atoms with Gasteiger partial charge < -0.3 is 0 Å². The lowest BCUT2D eigenvalue weighted by Crippen LogP contribution is -2.05. The average molecular weight is 308 g/mol. The largest absolute Gasteiger partial charge is 0.263 e. The minimum atomic E-state index is -0.245. The summed E-state index contributed by atoms with van der Waals surface area (Å²) in [6.07, 6.45) is 0. The molecule has 20 heavy (non-hydrogen) atoms. The zero-order chi connectivity index (χ0) is 13.9. The van der Waals surface area contributed by atoms with Crippen molar-refractivity contribution in [3.63, 3.8) is 0 Å². The van der Waals surface area contributed by atoms with E-state index in [2.05, 4.69) is 9.97 Å². The summed E-state index contributed by atoms with van der Waals surface area (Å²) in [5.41, 5.74) is 2.72. The maximum Gasteiger partial charge on any atom is 0.263 e. The lowest BCUT2D eigenvalue weighted by molar-refractivity contribution is -0.355. The summed E-state index contributed by atoms with van der Waals surface area (Å²) in [7, 11) is 0. The molecule has 0 spiro atoms. The van der Waals surface area contributed by atoms with Crippen molar-refractivity contribution in [1.29, 1.82) is 0 Å². The second-order valence-electron chi connectivity index (χ2n) is 4.47. The summed E-state index contributed by atoms with van der Waals surface area (Å²) in [4.78, 5) is 6.62. The van der Waals surface area contributed by atoms with Crippen molar-refractivity contribution in [2.24, 2.45) is 0 Å². The molecule has 0 saturated heterocycles. The highest BCUT2D eigenvalue weighted by Crippen LogP contribution is 2.25. The Balaban J connectivity index is 1.68. The number of aromatic nitrogens is 2. The lowest BCUT2D eigenvalue weighted by atomic mass is 10.2. The van der Waals surface area contributed by atoms with Gasteiger partial charge in [-0.05, 0) is 24.3 Å². The number of aromatic amines is 2. The van der Waals surface area contributed by atoms with Gasteiger partial charge in [0.1, 0.15) is 5.82 Å². The molecule has 2 nitrogen and oxygen atoms in total. The van der Waals surface area contributed by atoms with Crippen LogP contribution in [-0.4, -0.2) is 4.98 Å². The first-order chi connectivity index (χ1) is 9.74. The number of nitrogens with one attached hydrogen (secondary N) is 2. The molecule has 0 atom stereocenters. The smallest absolute Gasteiger partial charge is 0.240 e. The Hall–Kier alpha value is -1.52. The van der Waals surface area contributed by atoms with E-state index < -0.39 is 0 Å². The number of imidazole rings is 1.